The second-order valence-electron chi connectivity index (χ2n) is 4.73. The van der Waals surface area contributed by atoms with E-state index in [4.69, 9.17) is 21.6 Å². The summed E-state index contributed by atoms with van der Waals surface area (Å²) in [4.78, 5) is 7.63. The molecular weight excluding hydrogens is 343 g/mol. The standard InChI is InChI=1S/C16H7ClF3N3O/c17-11-3-4-13(15-10(11)2-1-5-22-15)24-14-6-9(16(18,19)20)8-23-12(14)7-21/h1-6,8H. The Morgan fingerprint density at radius 3 is 2.62 bits per heavy atom. The van der Waals surface area contributed by atoms with Gasteiger partial charge in [0.15, 0.2) is 17.2 Å². The van der Waals surface area contributed by atoms with Crippen LogP contribution >= 0.6 is 11.6 Å². The first-order valence-electron chi connectivity index (χ1n) is 6.58. The predicted octanol–water partition coefficient (Wildman–Crippen LogP) is 4.97. The molecule has 2 aromatic heterocycles. The van der Waals surface area contributed by atoms with Crippen molar-refractivity contribution in [2.24, 2.45) is 0 Å². The summed E-state index contributed by atoms with van der Waals surface area (Å²) in [5.41, 5.74) is -0.906. The molecule has 0 aliphatic heterocycles. The topological polar surface area (TPSA) is 58.8 Å². The minimum absolute atomic E-state index is 0.174. The van der Waals surface area contributed by atoms with Gasteiger partial charge in [-0.15, -0.1) is 0 Å². The molecular formula is C16H7ClF3N3O. The highest BCUT2D eigenvalue weighted by molar-refractivity contribution is 6.35. The lowest BCUT2D eigenvalue weighted by Gasteiger charge is -2.12. The van der Waals surface area contributed by atoms with Crippen LogP contribution < -0.4 is 4.74 Å². The summed E-state index contributed by atoms with van der Waals surface area (Å²) in [7, 11) is 0. The molecule has 4 nitrogen and oxygen atoms in total. The van der Waals surface area contributed by atoms with Gasteiger partial charge in [0, 0.05) is 17.8 Å². The van der Waals surface area contributed by atoms with Crippen molar-refractivity contribution in [3.63, 3.8) is 0 Å². The fourth-order valence-corrected chi connectivity index (χ4v) is 2.29. The average molecular weight is 350 g/mol. The Morgan fingerprint density at radius 1 is 1.12 bits per heavy atom. The van der Waals surface area contributed by atoms with Gasteiger partial charge < -0.3 is 4.74 Å². The number of fused-ring (bicyclic) bond motifs is 1. The van der Waals surface area contributed by atoms with E-state index in [1.54, 1.807) is 18.2 Å². The van der Waals surface area contributed by atoms with Crippen LogP contribution in [0.15, 0.2) is 42.7 Å². The minimum atomic E-state index is -4.60. The first-order valence-corrected chi connectivity index (χ1v) is 6.96. The zero-order valence-electron chi connectivity index (χ0n) is 11.8. The Morgan fingerprint density at radius 2 is 1.92 bits per heavy atom. The second kappa shape index (κ2) is 5.98. The van der Waals surface area contributed by atoms with Crippen molar-refractivity contribution in [2.45, 2.75) is 6.18 Å². The summed E-state index contributed by atoms with van der Waals surface area (Å²) >= 11 is 6.07. The molecule has 0 N–H and O–H groups in total. The quantitative estimate of drug-likeness (QED) is 0.655. The van der Waals surface area contributed by atoms with Gasteiger partial charge in [-0.3, -0.25) is 4.98 Å². The molecule has 24 heavy (non-hydrogen) atoms. The summed E-state index contributed by atoms with van der Waals surface area (Å²) in [5.74, 6) is -0.130. The van der Waals surface area contributed by atoms with Crippen molar-refractivity contribution < 1.29 is 17.9 Å². The van der Waals surface area contributed by atoms with Crippen LogP contribution in [-0.4, -0.2) is 9.97 Å². The number of nitrogens with zero attached hydrogens (tertiary/aromatic N) is 3. The fourth-order valence-electron chi connectivity index (χ4n) is 2.07. The highest BCUT2D eigenvalue weighted by atomic mass is 35.5. The molecule has 0 amide bonds. The molecule has 0 aliphatic rings. The Labute approximate surface area is 139 Å². The number of hydrogen-bond donors (Lipinski definition) is 0. The van der Waals surface area contributed by atoms with E-state index in [0.29, 0.717) is 22.1 Å². The molecule has 0 unspecified atom stereocenters. The van der Waals surface area contributed by atoms with E-state index in [1.807, 2.05) is 0 Å². The highest BCUT2D eigenvalue weighted by Crippen LogP contribution is 2.36. The van der Waals surface area contributed by atoms with Gasteiger partial charge in [-0.25, -0.2) is 4.98 Å². The van der Waals surface area contributed by atoms with Gasteiger partial charge in [0.05, 0.1) is 10.6 Å². The van der Waals surface area contributed by atoms with Crippen molar-refractivity contribution in [1.82, 2.24) is 9.97 Å². The van der Waals surface area contributed by atoms with E-state index in [-0.39, 0.29) is 17.2 Å². The molecule has 0 fully saturated rings. The lowest BCUT2D eigenvalue weighted by atomic mass is 10.2. The molecule has 2 heterocycles. The number of ether oxygens (including phenoxy) is 1. The summed E-state index contributed by atoms with van der Waals surface area (Å²) in [5, 5.41) is 10.0. The molecule has 0 atom stereocenters. The smallest absolute Gasteiger partial charge is 0.418 e. The maximum Gasteiger partial charge on any atom is 0.418 e. The monoisotopic (exact) mass is 349 g/mol. The van der Waals surface area contributed by atoms with Gasteiger partial charge in [-0.2, -0.15) is 18.4 Å². The lowest BCUT2D eigenvalue weighted by Crippen LogP contribution is -2.06. The van der Waals surface area contributed by atoms with E-state index >= 15 is 0 Å². The minimum Gasteiger partial charge on any atom is -0.452 e. The maximum absolute atomic E-state index is 12.8. The van der Waals surface area contributed by atoms with Crippen molar-refractivity contribution in [3.05, 3.63) is 59.0 Å². The van der Waals surface area contributed by atoms with E-state index in [1.165, 1.54) is 18.3 Å². The first-order chi connectivity index (χ1) is 11.4. The molecule has 0 saturated heterocycles. The maximum atomic E-state index is 12.8. The number of rotatable bonds is 2. The van der Waals surface area contributed by atoms with E-state index in [0.717, 1.165) is 6.07 Å². The third-order valence-electron chi connectivity index (χ3n) is 3.19. The van der Waals surface area contributed by atoms with Gasteiger partial charge in [0.2, 0.25) is 0 Å². The Balaban J connectivity index is 2.12. The largest absolute Gasteiger partial charge is 0.452 e. The van der Waals surface area contributed by atoms with Gasteiger partial charge in [-0.05, 0) is 30.3 Å². The van der Waals surface area contributed by atoms with Crippen LogP contribution in [0.3, 0.4) is 0 Å². The summed E-state index contributed by atoms with van der Waals surface area (Å²) < 4.78 is 44.0. The Hall–Kier alpha value is -2.85. The van der Waals surface area contributed by atoms with E-state index < -0.39 is 11.7 Å². The van der Waals surface area contributed by atoms with Gasteiger partial charge in [0.1, 0.15) is 11.6 Å². The van der Waals surface area contributed by atoms with Crippen LogP contribution in [-0.2, 0) is 6.18 Å². The Bertz CT molecular complexity index is 967. The number of nitriles is 1. The summed E-state index contributed by atoms with van der Waals surface area (Å²) in [6, 6.07) is 8.81. The predicted molar refractivity (Wildman–Crippen MR) is 80.8 cm³/mol. The van der Waals surface area contributed by atoms with Gasteiger partial charge in [-0.1, -0.05) is 11.6 Å². The lowest BCUT2D eigenvalue weighted by molar-refractivity contribution is -0.137. The van der Waals surface area contributed by atoms with Crippen LogP contribution in [0.4, 0.5) is 13.2 Å². The molecule has 3 aromatic rings. The molecule has 0 spiro atoms. The number of halogens is 4. The van der Waals surface area contributed by atoms with Crippen molar-refractivity contribution >= 4 is 22.5 Å². The van der Waals surface area contributed by atoms with Crippen molar-refractivity contribution in [3.8, 4) is 17.6 Å². The molecule has 0 aliphatic carbocycles. The number of alkyl halides is 3. The number of aromatic nitrogens is 2. The first kappa shape index (κ1) is 16.0. The molecule has 120 valence electrons. The normalized spacial score (nSPS) is 11.3. The van der Waals surface area contributed by atoms with Crippen LogP contribution in [0.25, 0.3) is 10.9 Å². The summed E-state index contributed by atoms with van der Waals surface area (Å²) in [6.45, 7) is 0. The number of hydrogen-bond acceptors (Lipinski definition) is 4. The zero-order valence-corrected chi connectivity index (χ0v) is 12.6. The summed E-state index contributed by atoms with van der Waals surface area (Å²) in [6.07, 6.45) is -2.51. The van der Waals surface area contributed by atoms with Gasteiger partial charge >= 0.3 is 6.18 Å². The molecule has 0 bridgehead atoms. The van der Waals surface area contributed by atoms with Crippen LogP contribution in [0, 0.1) is 11.3 Å². The Kier molecular flexibility index (Phi) is 3.99. The number of pyridine rings is 2. The molecule has 0 radical (unpaired) electrons. The third kappa shape index (κ3) is 2.96. The van der Waals surface area contributed by atoms with E-state index in [9.17, 15) is 13.2 Å². The molecule has 1 aromatic carbocycles. The second-order valence-corrected chi connectivity index (χ2v) is 5.13. The fraction of sp³-hybridized carbons (Fsp3) is 0.0625. The van der Waals surface area contributed by atoms with Crippen molar-refractivity contribution in [2.75, 3.05) is 0 Å². The SMILES string of the molecule is N#Cc1ncc(C(F)(F)F)cc1Oc1ccc(Cl)c2cccnc12. The number of benzene rings is 1. The molecule has 3 rings (SSSR count). The van der Waals surface area contributed by atoms with E-state index in [2.05, 4.69) is 9.97 Å². The van der Waals surface area contributed by atoms with Crippen LogP contribution in [0.5, 0.6) is 11.5 Å². The molecule has 0 saturated carbocycles. The van der Waals surface area contributed by atoms with Crippen LogP contribution in [0.1, 0.15) is 11.3 Å². The van der Waals surface area contributed by atoms with Crippen LogP contribution in [0.2, 0.25) is 5.02 Å². The highest BCUT2D eigenvalue weighted by Gasteiger charge is 2.32. The average Bonchev–Trinajstić information content (AvgIpc) is 2.57. The molecule has 8 heteroatoms. The zero-order chi connectivity index (χ0) is 17.3. The third-order valence-corrected chi connectivity index (χ3v) is 3.51. The van der Waals surface area contributed by atoms with Crippen molar-refractivity contribution in [1.29, 1.82) is 5.26 Å². The van der Waals surface area contributed by atoms with Gasteiger partial charge in [0.25, 0.3) is 0 Å².